The maximum Gasteiger partial charge on any atom is 0.0716 e. The van der Waals surface area contributed by atoms with Crippen molar-refractivity contribution < 1.29 is 19.3 Å². The summed E-state index contributed by atoms with van der Waals surface area (Å²) in [5, 5.41) is 9.90. The van der Waals surface area contributed by atoms with Gasteiger partial charge in [0.2, 0.25) is 0 Å². The van der Waals surface area contributed by atoms with Crippen LogP contribution >= 0.6 is 0 Å². The van der Waals surface area contributed by atoms with Crippen LogP contribution in [-0.2, 0) is 20.8 Å². The normalized spacial score (nSPS) is 12.3. The van der Waals surface area contributed by atoms with Gasteiger partial charge in [-0.25, -0.2) is 0 Å². The molecule has 0 amide bonds. The Kier molecular flexibility index (Phi) is 9.41. The number of rotatable bonds is 12. The molecule has 0 saturated carbocycles. The van der Waals surface area contributed by atoms with E-state index in [0.29, 0.717) is 32.8 Å². The highest BCUT2D eigenvalue weighted by Crippen LogP contribution is 2.24. The SMILES string of the molecule is CC(C)OCC(CO)(CCOCc1ccccc1)COC(C)C. The molecule has 1 N–H and O–H groups in total. The van der Waals surface area contributed by atoms with Crippen molar-refractivity contribution in [3.8, 4) is 0 Å². The van der Waals surface area contributed by atoms with E-state index in [-0.39, 0.29) is 18.8 Å². The average Bonchev–Trinajstić information content (AvgIpc) is 2.54. The molecule has 0 spiro atoms. The fourth-order valence-electron chi connectivity index (χ4n) is 2.10. The molecule has 1 aromatic carbocycles. The van der Waals surface area contributed by atoms with Gasteiger partial charge in [-0.2, -0.15) is 0 Å². The molecule has 4 nitrogen and oxygen atoms in total. The Morgan fingerprint density at radius 3 is 2.00 bits per heavy atom. The standard InChI is InChI=1S/C19H32O4/c1-16(2)22-14-19(13-20,15-23-17(3)4)10-11-21-12-18-8-6-5-7-9-18/h5-9,16-17,20H,10-15H2,1-4H3. The molecule has 0 fully saturated rings. The van der Waals surface area contributed by atoms with Gasteiger partial charge in [-0.1, -0.05) is 30.3 Å². The van der Waals surface area contributed by atoms with E-state index in [1.54, 1.807) is 0 Å². The monoisotopic (exact) mass is 324 g/mol. The predicted octanol–water partition coefficient (Wildman–Crippen LogP) is 3.42. The second kappa shape index (κ2) is 10.8. The highest BCUT2D eigenvalue weighted by molar-refractivity contribution is 5.13. The highest BCUT2D eigenvalue weighted by atomic mass is 16.5. The predicted molar refractivity (Wildman–Crippen MR) is 92.4 cm³/mol. The minimum absolute atomic E-state index is 0.0289. The number of hydrogen-bond donors (Lipinski definition) is 1. The first-order valence-electron chi connectivity index (χ1n) is 8.43. The zero-order chi connectivity index (χ0) is 17.1. The van der Waals surface area contributed by atoms with Crippen molar-refractivity contribution >= 4 is 0 Å². The molecule has 0 aliphatic carbocycles. The van der Waals surface area contributed by atoms with Crippen LogP contribution in [0, 0.1) is 5.41 Å². The van der Waals surface area contributed by atoms with Gasteiger partial charge in [-0.3, -0.25) is 0 Å². The van der Waals surface area contributed by atoms with Crippen molar-refractivity contribution in [1.29, 1.82) is 0 Å². The van der Waals surface area contributed by atoms with Crippen LogP contribution in [-0.4, -0.2) is 43.7 Å². The van der Waals surface area contributed by atoms with Crippen molar-refractivity contribution in [3.05, 3.63) is 35.9 Å². The van der Waals surface area contributed by atoms with Gasteiger partial charge in [-0.05, 0) is 39.7 Å². The third-order valence-electron chi connectivity index (χ3n) is 3.67. The second-order valence-electron chi connectivity index (χ2n) is 6.67. The van der Waals surface area contributed by atoms with Gasteiger partial charge in [0.05, 0.1) is 38.6 Å². The maximum absolute atomic E-state index is 9.90. The van der Waals surface area contributed by atoms with E-state index in [4.69, 9.17) is 14.2 Å². The molecule has 1 rings (SSSR count). The van der Waals surface area contributed by atoms with Gasteiger partial charge in [0, 0.05) is 12.0 Å². The molecule has 0 unspecified atom stereocenters. The Hall–Kier alpha value is -0.940. The van der Waals surface area contributed by atoms with E-state index in [9.17, 15) is 5.11 Å². The van der Waals surface area contributed by atoms with Crippen LogP contribution in [0.15, 0.2) is 30.3 Å². The van der Waals surface area contributed by atoms with Crippen molar-refractivity contribution in [2.75, 3.05) is 26.4 Å². The molecule has 0 bridgehead atoms. The summed E-state index contributed by atoms with van der Waals surface area (Å²) >= 11 is 0. The quantitative estimate of drug-likeness (QED) is 0.599. The summed E-state index contributed by atoms with van der Waals surface area (Å²) in [6.45, 7) is 10.1. The molecule has 0 heterocycles. The summed E-state index contributed by atoms with van der Waals surface area (Å²) in [7, 11) is 0. The fourth-order valence-corrected chi connectivity index (χ4v) is 2.10. The van der Waals surface area contributed by atoms with Crippen molar-refractivity contribution in [2.45, 2.75) is 52.9 Å². The largest absolute Gasteiger partial charge is 0.396 e. The van der Waals surface area contributed by atoms with Gasteiger partial charge in [0.1, 0.15) is 0 Å². The van der Waals surface area contributed by atoms with Crippen LogP contribution in [0.5, 0.6) is 0 Å². The molecule has 0 aromatic heterocycles. The first kappa shape index (κ1) is 20.1. The summed E-state index contributed by atoms with van der Waals surface area (Å²) in [5.74, 6) is 0. The summed E-state index contributed by atoms with van der Waals surface area (Å²) in [6.07, 6.45) is 0.964. The zero-order valence-electron chi connectivity index (χ0n) is 15.0. The summed E-state index contributed by atoms with van der Waals surface area (Å²) in [4.78, 5) is 0. The molecule has 0 saturated heterocycles. The third-order valence-corrected chi connectivity index (χ3v) is 3.67. The minimum Gasteiger partial charge on any atom is -0.396 e. The molecular weight excluding hydrogens is 292 g/mol. The molecule has 0 radical (unpaired) electrons. The summed E-state index contributed by atoms with van der Waals surface area (Å²) < 4.78 is 17.3. The van der Waals surface area contributed by atoms with Gasteiger partial charge in [0.15, 0.2) is 0 Å². The number of aliphatic hydroxyl groups excluding tert-OH is 1. The van der Waals surface area contributed by atoms with Crippen LogP contribution in [0.1, 0.15) is 39.7 Å². The first-order valence-corrected chi connectivity index (χ1v) is 8.43. The van der Waals surface area contributed by atoms with Crippen molar-refractivity contribution in [3.63, 3.8) is 0 Å². The lowest BCUT2D eigenvalue weighted by Crippen LogP contribution is -2.39. The molecule has 132 valence electrons. The van der Waals surface area contributed by atoms with Gasteiger partial charge < -0.3 is 19.3 Å². The van der Waals surface area contributed by atoms with Gasteiger partial charge >= 0.3 is 0 Å². The second-order valence-corrected chi connectivity index (χ2v) is 6.67. The van der Waals surface area contributed by atoms with Crippen LogP contribution in [0.4, 0.5) is 0 Å². The Balaban J connectivity index is 2.49. The molecule has 23 heavy (non-hydrogen) atoms. The van der Waals surface area contributed by atoms with E-state index in [1.807, 2.05) is 58.0 Å². The number of hydrogen-bond acceptors (Lipinski definition) is 4. The molecule has 0 atom stereocenters. The van der Waals surface area contributed by atoms with E-state index in [1.165, 1.54) is 0 Å². The maximum atomic E-state index is 9.90. The van der Waals surface area contributed by atoms with Crippen LogP contribution in [0.3, 0.4) is 0 Å². The Labute approximate surface area is 140 Å². The fraction of sp³-hybridized carbons (Fsp3) is 0.684. The minimum atomic E-state index is -0.411. The Morgan fingerprint density at radius 2 is 1.52 bits per heavy atom. The summed E-state index contributed by atoms with van der Waals surface area (Å²) in [6, 6.07) is 10.1. The topological polar surface area (TPSA) is 47.9 Å². The molecule has 0 aliphatic heterocycles. The number of ether oxygens (including phenoxy) is 3. The third kappa shape index (κ3) is 8.47. The lowest BCUT2D eigenvalue weighted by Gasteiger charge is -2.33. The Bertz CT molecular complexity index is 391. The lowest BCUT2D eigenvalue weighted by molar-refractivity contribution is -0.0907. The molecular formula is C19H32O4. The van der Waals surface area contributed by atoms with Crippen molar-refractivity contribution in [1.82, 2.24) is 0 Å². The highest BCUT2D eigenvalue weighted by Gasteiger charge is 2.31. The van der Waals surface area contributed by atoms with E-state index in [0.717, 1.165) is 5.56 Å². The molecule has 1 aromatic rings. The van der Waals surface area contributed by atoms with Crippen LogP contribution in [0.2, 0.25) is 0 Å². The van der Waals surface area contributed by atoms with E-state index < -0.39 is 5.41 Å². The zero-order valence-corrected chi connectivity index (χ0v) is 15.0. The number of aliphatic hydroxyl groups is 1. The average molecular weight is 324 g/mol. The van der Waals surface area contributed by atoms with Crippen LogP contribution in [0.25, 0.3) is 0 Å². The van der Waals surface area contributed by atoms with Crippen molar-refractivity contribution in [2.24, 2.45) is 5.41 Å². The summed E-state index contributed by atoms with van der Waals surface area (Å²) in [5.41, 5.74) is 0.740. The first-order chi connectivity index (χ1) is 11.0. The molecule has 4 heteroatoms. The van der Waals surface area contributed by atoms with Gasteiger partial charge in [-0.15, -0.1) is 0 Å². The molecule has 0 aliphatic rings. The van der Waals surface area contributed by atoms with Crippen LogP contribution < -0.4 is 0 Å². The van der Waals surface area contributed by atoms with E-state index in [2.05, 4.69) is 0 Å². The smallest absolute Gasteiger partial charge is 0.0716 e. The number of benzene rings is 1. The lowest BCUT2D eigenvalue weighted by atomic mass is 9.87. The van der Waals surface area contributed by atoms with E-state index >= 15 is 0 Å². The Morgan fingerprint density at radius 1 is 0.957 bits per heavy atom. The van der Waals surface area contributed by atoms with Gasteiger partial charge in [0.25, 0.3) is 0 Å².